The van der Waals surface area contributed by atoms with Crippen LogP contribution in [0.3, 0.4) is 0 Å². The van der Waals surface area contributed by atoms with Crippen LogP contribution in [0, 0.1) is 0 Å². The topological polar surface area (TPSA) is 85.1 Å². The second-order valence-electron chi connectivity index (χ2n) is 5.49. The van der Waals surface area contributed by atoms with Gasteiger partial charge >= 0.3 is 0 Å². The van der Waals surface area contributed by atoms with Gasteiger partial charge in [-0.1, -0.05) is 31.2 Å². The van der Waals surface area contributed by atoms with Crippen molar-refractivity contribution >= 4 is 11.6 Å². The van der Waals surface area contributed by atoms with E-state index in [9.17, 15) is 4.79 Å². The van der Waals surface area contributed by atoms with Gasteiger partial charge in [0.2, 0.25) is 0 Å². The number of amides is 1. The predicted octanol–water partition coefficient (Wildman–Crippen LogP) is 2.38. The molecule has 0 spiro atoms. The minimum atomic E-state index is -0.271. The smallest absolute Gasteiger partial charge is 0.267 e. The number of hydrogen-bond donors (Lipinski definition) is 1. The molecule has 7 nitrogen and oxygen atoms in total. The highest BCUT2D eigenvalue weighted by Crippen LogP contribution is 2.08. The molecular formula is C18H18N6O. The lowest BCUT2D eigenvalue weighted by Gasteiger charge is -2.05. The molecule has 3 rings (SSSR count). The van der Waals surface area contributed by atoms with Gasteiger partial charge in [-0.3, -0.25) is 4.79 Å². The zero-order chi connectivity index (χ0) is 17.6. The third-order valence-electron chi connectivity index (χ3n) is 3.85. The minimum Gasteiger partial charge on any atom is -0.267 e. The summed E-state index contributed by atoms with van der Waals surface area (Å²) in [5.41, 5.74) is 6.86. The van der Waals surface area contributed by atoms with Crippen molar-refractivity contribution in [2.75, 3.05) is 0 Å². The van der Waals surface area contributed by atoms with E-state index < -0.39 is 0 Å². The zero-order valence-corrected chi connectivity index (χ0v) is 14.0. The lowest BCUT2D eigenvalue weighted by atomic mass is 10.1. The fourth-order valence-electron chi connectivity index (χ4n) is 2.29. The summed E-state index contributed by atoms with van der Waals surface area (Å²) in [6.45, 7) is 3.98. The van der Waals surface area contributed by atoms with Crippen molar-refractivity contribution < 1.29 is 4.79 Å². The molecule has 2 aromatic carbocycles. The monoisotopic (exact) mass is 334 g/mol. The molecule has 0 saturated heterocycles. The van der Waals surface area contributed by atoms with Crippen LogP contribution in [0.5, 0.6) is 0 Å². The summed E-state index contributed by atoms with van der Waals surface area (Å²) >= 11 is 0. The molecule has 0 saturated carbocycles. The van der Waals surface area contributed by atoms with Crippen molar-refractivity contribution in [1.29, 1.82) is 0 Å². The number of tetrazole rings is 1. The van der Waals surface area contributed by atoms with Crippen LogP contribution in [-0.2, 0) is 6.42 Å². The highest BCUT2D eigenvalue weighted by atomic mass is 16.2. The van der Waals surface area contributed by atoms with Crippen LogP contribution in [0.25, 0.3) is 5.69 Å². The largest absolute Gasteiger partial charge is 0.271 e. The molecule has 0 aliphatic rings. The lowest BCUT2D eigenvalue weighted by molar-refractivity contribution is 0.0955. The number of carbonyl (C=O) groups is 1. The molecule has 0 atom stereocenters. The van der Waals surface area contributed by atoms with Crippen molar-refractivity contribution in [3.05, 3.63) is 71.5 Å². The van der Waals surface area contributed by atoms with Crippen LogP contribution in [0.1, 0.15) is 35.3 Å². The molecule has 1 amide bonds. The van der Waals surface area contributed by atoms with E-state index in [1.165, 1.54) is 16.6 Å². The van der Waals surface area contributed by atoms with E-state index in [4.69, 9.17) is 0 Å². The second-order valence-corrected chi connectivity index (χ2v) is 5.49. The maximum Gasteiger partial charge on any atom is 0.271 e. The molecule has 7 heteroatoms. The fourth-order valence-corrected chi connectivity index (χ4v) is 2.29. The minimum absolute atomic E-state index is 0.271. The maximum atomic E-state index is 12.2. The number of nitrogens with zero attached hydrogens (tertiary/aromatic N) is 5. The van der Waals surface area contributed by atoms with E-state index in [0.717, 1.165) is 23.4 Å². The van der Waals surface area contributed by atoms with Gasteiger partial charge in [0.1, 0.15) is 6.33 Å². The summed E-state index contributed by atoms with van der Waals surface area (Å²) in [7, 11) is 0. The van der Waals surface area contributed by atoms with Gasteiger partial charge in [-0.15, -0.1) is 5.10 Å². The average molecular weight is 334 g/mol. The van der Waals surface area contributed by atoms with Gasteiger partial charge in [0, 0.05) is 5.56 Å². The van der Waals surface area contributed by atoms with E-state index in [-0.39, 0.29) is 5.91 Å². The SMILES string of the molecule is CCc1ccc(/C(C)=N\NC(=O)c2ccc(-n3cnnn3)cc2)cc1. The summed E-state index contributed by atoms with van der Waals surface area (Å²) in [4.78, 5) is 12.2. The Kier molecular flexibility index (Phi) is 4.94. The quantitative estimate of drug-likeness (QED) is 0.573. The van der Waals surface area contributed by atoms with Gasteiger partial charge in [0.05, 0.1) is 11.4 Å². The Hall–Kier alpha value is -3.35. The lowest BCUT2D eigenvalue weighted by Crippen LogP contribution is -2.19. The normalized spacial score (nSPS) is 11.4. The van der Waals surface area contributed by atoms with Crippen LogP contribution < -0.4 is 5.43 Å². The number of aromatic nitrogens is 4. The average Bonchev–Trinajstić information content (AvgIpc) is 3.21. The van der Waals surface area contributed by atoms with Gasteiger partial charge in [0.25, 0.3) is 5.91 Å². The molecule has 0 unspecified atom stereocenters. The van der Waals surface area contributed by atoms with E-state index >= 15 is 0 Å². The first kappa shape index (κ1) is 16.5. The molecule has 1 heterocycles. The molecule has 3 aromatic rings. The highest BCUT2D eigenvalue weighted by molar-refractivity contribution is 6.00. The van der Waals surface area contributed by atoms with E-state index in [1.54, 1.807) is 24.3 Å². The molecule has 0 radical (unpaired) electrons. The first-order chi connectivity index (χ1) is 12.2. The van der Waals surface area contributed by atoms with E-state index in [0.29, 0.717) is 5.56 Å². The van der Waals surface area contributed by atoms with Gasteiger partial charge in [-0.25, -0.2) is 10.1 Å². The Labute approximate surface area is 145 Å². The molecule has 0 fully saturated rings. The molecule has 25 heavy (non-hydrogen) atoms. The van der Waals surface area contributed by atoms with Crippen LogP contribution in [0.2, 0.25) is 0 Å². The van der Waals surface area contributed by atoms with Crippen LogP contribution >= 0.6 is 0 Å². The molecule has 0 aliphatic heterocycles. The third-order valence-corrected chi connectivity index (χ3v) is 3.85. The summed E-state index contributed by atoms with van der Waals surface area (Å²) < 4.78 is 1.52. The van der Waals surface area contributed by atoms with Crippen molar-refractivity contribution in [3.63, 3.8) is 0 Å². The summed E-state index contributed by atoms with van der Waals surface area (Å²) in [5.74, 6) is -0.271. The van der Waals surface area contributed by atoms with Crippen LogP contribution in [-0.4, -0.2) is 31.8 Å². The number of carbonyl (C=O) groups excluding carboxylic acids is 1. The fraction of sp³-hybridized carbons (Fsp3) is 0.167. The first-order valence-electron chi connectivity index (χ1n) is 7.94. The second kappa shape index (κ2) is 7.48. The number of hydrazone groups is 1. The standard InChI is InChI=1S/C18H18N6O/c1-3-14-4-6-15(7-5-14)13(2)20-21-18(25)16-8-10-17(11-9-16)24-12-19-22-23-24/h4-12H,3H2,1-2H3,(H,21,25)/b20-13-. The van der Waals surface area contributed by atoms with E-state index in [2.05, 4.69) is 45.1 Å². The number of nitrogens with one attached hydrogen (secondary N) is 1. The van der Waals surface area contributed by atoms with Crippen molar-refractivity contribution in [3.8, 4) is 5.69 Å². The van der Waals surface area contributed by atoms with Crippen molar-refractivity contribution in [2.45, 2.75) is 20.3 Å². The van der Waals surface area contributed by atoms with Gasteiger partial charge in [0.15, 0.2) is 0 Å². The van der Waals surface area contributed by atoms with Gasteiger partial charge < -0.3 is 0 Å². The first-order valence-corrected chi connectivity index (χ1v) is 7.94. The summed E-state index contributed by atoms with van der Waals surface area (Å²) in [6, 6.07) is 15.1. The molecule has 0 aliphatic carbocycles. The molecular weight excluding hydrogens is 316 g/mol. The number of aryl methyl sites for hydroxylation is 1. The maximum absolute atomic E-state index is 12.2. The Bertz CT molecular complexity index is 867. The number of rotatable bonds is 5. The number of benzene rings is 2. The molecule has 1 aromatic heterocycles. The summed E-state index contributed by atoms with van der Waals surface area (Å²) in [6.07, 6.45) is 2.49. The highest BCUT2D eigenvalue weighted by Gasteiger charge is 2.06. The Morgan fingerprint density at radius 1 is 1.08 bits per heavy atom. The van der Waals surface area contributed by atoms with Gasteiger partial charge in [-0.05, 0) is 59.2 Å². The molecule has 0 bridgehead atoms. The van der Waals surface area contributed by atoms with E-state index in [1.807, 2.05) is 19.1 Å². The Balaban J connectivity index is 1.66. The van der Waals surface area contributed by atoms with Crippen LogP contribution in [0.4, 0.5) is 0 Å². The Morgan fingerprint density at radius 3 is 2.36 bits per heavy atom. The zero-order valence-electron chi connectivity index (χ0n) is 14.0. The van der Waals surface area contributed by atoms with Crippen molar-refractivity contribution in [1.82, 2.24) is 25.6 Å². The number of hydrogen-bond acceptors (Lipinski definition) is 5. The third kappa shape index (κ3) is 3.95. The van der Waals surface area contributed by atoms with Crippen LogP contribution in [0.15, 0.2) is 60.0 Å². The summed E-state index contributed by atoms with van der Waals surface area (Å²) in [5, 5.41) is 15.1. The Morgan fingerprint density at radius 2 is 1.76 bits per heavy atom. The van der Waals surface area contributed by atoms with Gasteiger partial charge in [-0.2, -0.15) is 5.10 Å². The van der Waals surface area contributed by atoms with Crippen molar-refractivity contribution in [2.24, 2.45) is 5.10 Å². The molecule has 1 N–H and O–H groups in total. The predicted molar refractivity (Wildman–Crippen MR) is 94.7 cm³/mol. The molecule has 126 valence electrons.